The van der Waals surface area contributed by atoms with Gasteiger partial charge in [0.25, 0.3) is 0 Å². The lowest BCUT2D eigenvalue weighted by atomic mass is 10.2. The molecule has 0 spiro atoms. The van der Waals surface area contributed by atoms with E-state index in [1.165, 1.54) is 42.7 Å². The maximum absolute atomic E-state index is 13.6. The van der Waals surface area contributed by atoms with Crippen molar-refractivity contribution in [2.45, 2.75) is 0 Å². The monoisotopic (exact) mass is 326 g/mol. The summed E-state index contributed by atoms with van der Waals surface area (Å²) >= 11 is 0. The zero-order valence-electron chi connectivity index (χ0n) is 12.3. The average Bonchev–Trinajstić information content (AvgIpc) is 3.11. The number of halogens is 1. The molecule has 3 aromatic rings. The van der Waals surface area contributed by atoms with E-state index in [0.29, 0.717) is 0 Å². The van der Waals surface area contributed by atoms with Crippen LogP contribution in [0.5, 0.6) is 11.5 Å². The Morgan fingerprint density at radius 3 is 2.04 bits per heavy atom. The number of hydrogen-bond acceptors (Lipinski definition) is 5. The number of hydrogen-bond donors (Lipinski definition) is 0. The van der Waals surface area contributed by atoms with Crippen molar-refractivity contribution in [1.29, 1.82) is 0 Å². The van der Waals surface area contributed by atoms with E-state index in [-0.39, 0.29) is 22.8 Å². The van der Waals surface area contributed by atoms with Gasteiger partial charge < -0.3 is 13.9 Å². The standard InChI is InChI=1S/C18H11FO5/c19-13-7-2-1-6-12(13)17(20)23-14-8-3-4-9-15(14)24-18(21)16-10-5-11-22-16/h1-11H. The van der Waals surface area contributed by atoms with Crippen molar-refractivity contribution in [2.75, 3.05) is 0 Å². The molecular formula is C18H11FO5. The lowest BCUT2D eigenvalue weighted by molar-refractivity contribution is 0.0661. The normalized spacial score (nSPS) is 10.2. The van der Waals surface area contributed by atoms with E-state index in [1.807, 2.05) is 0 Å². The molecule has 1 aromatic heterocycles. The molecule has 0 saturated carbocycles. The van der Waals surface area contributed by atoms with Gasteiger partial charge >= 0.3 is 11.9 Å². The minimum atomic E-state index is -0.894. The Kier molecular flexibility index (Phi) is 4.38. The second kappa shape index (κ2) is 6.78. The molecule has 0 aliphatic carbocycles. The van der Waals surface area contributed by atoms with E-state index in [1.54, 1.807) is 18.2 Å². The van der Waals surface area contributed by atoms with E-state index in [4.69, 9.17) is 13.9 Å². The predicted octanol–water partition coefficient (Wildman–Crippen LogP) is 3.86. The van der Waals surface area contributed by atoms with Gasteiger partial charge in [0.2, 0.25) is 5.76 Å². The first kappa shape index (κ1) is 15.5. The number of para-hydroxylation sites is 2. The fourth-order valence-corrected chi connectivity index (χ4v) is 1.95. The van der Waals surface area contributed by atoms with Gasteiger partial charge in [-0.25, -0.2) is 14.0 Å². The number of esters is 2. The Morgan fingerprint density at radius 1 is 0.792 bits per heavy atom. The molecule has 3 rings (SSSR count). The van der Waals surface area contributed by atoms with Gasteiger partial charge in [0, 0.05) is 0 Å². The SMILES string of the molecule is O=C(Oc1ccccc1OC(=O)c1ccccc1F)c1ccco1. The number of ether oxygens (including phenoxy) is 2. The molecule has 0 unspecified atom stereocenters. The second-order valence-electron chi connectivity index (χ2n) is 4.68. The molecular weight excluding hydrogens is 315 g/mol. The van der Waals surface area contributed by atoms with Crippen molar-refractivity contribution in [3.05, 3.63) is 84.1 Å². The van der Waals surface area contributed by atoms with Gasteiger partial charge in [-0.15, -0.1) is 0 Å². The Labute approximate surface area is 136 Å². The molecule has 6 heteroatoms. The summed E-state index contributed by atoms with van der Waals surface area (Å²) in [5.41, 5.74) is -0.218. The van der Waals surface area contributed by atoms with Crippen molar-refractivity contribution in [3.63, 3.8) is 0 Å². The molecule has 120 valence electrons. The summed E-state index contributed by atoms with van der Waals surface area (Å²) in [5.74, 6) is -2.32. The third kappa shape index (κ3) is 3.33. The molecule has 0 saturated heterocycles. The lowest BCUT2D eigenvalue weighted by Crippen LogP contribution is -2.13. The zero-order chi connectivity index (χ0) is 16.9. The van der Waals surface area contributed by atoms with Crippen LogP contribution in [0.15, 0.2) is 71.3 Å². The Bertz CT molecular complexity index is 871. The minimum Gasteiger partial charge on any atom is -0.457 e. The van der Waals surface area contributed by atoms with Crippen molar-refractivity contribution in [3.8, 4) is 11.5 Å². The van der Waals surface area contributed by atoms with E-state index in [0.717, 1.165) is 6.07 Å². The van der Waals surface area contributed by atoms with Crippen LogP contribution in [0.3, 0.4) is 0 Å². The lowest BCUT2D eigenvalue weighted by Gasteiger charge is -2.10. The molecule has 1 heterocycles. The van der Waals surface area contributed by atoms with Gasteiger partial charge in [-0.3, -0.25) is 0 Å². The fraction of sp³-hybridized carbons (Fsp3) is 0. The molecule has 0 fully saturated rings. The maximum Gasteiger partial charge on any atom is 0.379 e. The molecule has 0 amide bonds. The molecule has 24 heavy (non-hydrogen) atoms. The molecule has 5 nitrogen and oxygen atoms in total. The highest BCUT2D eigenvalue weighted by Crippen LogP contribution is 2.28. The summed E-state index contributed by atoms with van der Waals surface area (Å²) in [5, 5.41) is 0. The number of rotatable bonds is 4. The first-order valence-corrected chi connectivity index (χ1v) is 6.96. The highest BCUT2D eigenvalue weighted by atomic mass is 19.1. The van der Waals surface area contributed by atoms with Crippen molar-refractivity contribution in [1.82, 2.24) is 0 Å². The smallest absolute Gasteiger partial charge is 0.379 e. The van der Waals surface area contributed by atoms with Gasteiger partial charge in [0.15, 0.2) is 11.5 Å². The van der Waals surface area contributed by atoms with Crippen LogP contribution >= 0.6 is 0 Å². The summed E-state index contributed by atoms with van der Waals surface area (Å²) in [4.78, 5) is 24.0. The molecule has 0 aliphatic heterocycles. The fourth-order valence-electron chi connectivity index (χ4n) is 1.95. The summed E-state index contributed by atoms with van der Waals surface area (Å²) < 4.78 is 28.9. The molecule has 0 bridgehead atoms. The Balaban J connectivity index is 1.81. The van der Waals surface area contributed by atoms with E-state index < -0.39 is 17.8 Å². The number of carbonyl (C=O) groups is 2. The minimum absolute atomic E-state index is 0.00485. The van der Waals surface area contributed by atoms with Crippen LogP contribution in [0.25, 0.3) is 0 Å². The van der Waals surface area contributed by atoms with Crippen LogP contribution in [0.1, 0.15) is 20.9 Å². The van der Waals surface area contributed by atoms with Crippen LogP contribution in [-0.2, 0) is 0 Å². The van der Waals surface area contributed by atoms with Gasteiger partial charge in [-0.05, 0) is 36.4 Å². The van der Waals surface area contributed by atoms with Gasteiger partial charge in [-0.2, -0.15) is 0 Å². The first-order valence-electron chi connectivity index (χ1n) is 6.96. The first-order chi connectivity index (χ1) is 11.6. The van der Waals surface area contributed by atoms with Gasteiger partial charge in [0.05, 0.1) is 11.8 Å². The second-order valence-corrected chi connectivity index (χ2v) is 4.68. The Hall–Kier alpha value is -3.41. The van der Waals surface area contributed by atoms with Crippen molar-refractivity contribution in [2.24, 2.45) is 0 Å². The summed E-state index contributed by atoms with van der Waals surface area (Å²) in [6.07, 6.45) is 1.33. The molecule has 0 N–H and O–H groups in total. The average molecular weight is 326 g/mol. The molecule has 0 aliphatic rings. The molecule has 0 radical (unpaired) electrons. The topological polar surface area (TPSA) is 65.7 Å². The number of furan rings is 1. The van der Waals surface area contributed by atoms with Crippen LogP contribution in [0, 0.1) is 5.82 Å². The largest absolute Gasteiger partial charge is 0.457 e. The van der Waals surface area contributed by atoms with Crippen molar-refractivity contribution >= 4 is 11.9 Å². The van der Waals surface area contributed by atoms with Crippen molar-refractivity contribution < 1.29 is 27.9 Å². The Morgan fingerprint density at radius 2 is 1.42 bits per heavy atom. The summed E-state index contributed by atoms with van der Waals surface area (Å²) in [7, 11) is 0. The summed E-state index contributed by atoms with van der Waals surface area (Å²) in [6.45, 7) is 0. The number of benzene rings is 2. The highest BCUT2D eigenvalue weighted by Gasteiger charge is 2.18. The van der Waals surface area contributed by atoms with Gasteiger partial charge in [-0.1, -0.05) is 24.3 Å². The van der Waals surface area contributed by atoms with Gasteiger partial charge in [0.1, 0.15) is 5.82 Å². The van der Waals surface area contributed by atoms with Crippen LogP contribution in [0.2, 0.25) is 0 Å². The highest BCUT2D eigenvalue weighted by molar-refractivity contribution is 5.92. The molecule has 0 atom stereocenters. The third-order valence-corrected chi connectivity index (χ3v) is 3.07. The third-order valence-electron chi connectivity index (χ3n) is 3.07. The van der Waals surface area contributed by atoms with E-state index in [9.17, 15) is 14.0 Å². The predicted molar refractivity (Wildman–Crippen MR) is 81.5 cm³/mol. The maximum atomic E-state index is 13.6. The van der Waals surface area contributed by atoms with Crippen LogP contribution in [-0.4, -0.2) is 11.9 Å². The van der Waals surface area contributed by atoms with E-state index in [2.05, 4.69) is 0 Å². The quantitative estimate of drug-likeness (QED) is 0.538. The summed E-state index contributed by atoms with van der Waals surface area (Å²) in [6, 6.07) is 14.5. The van der Waals surface area contributed by atoms with E-state index >= 15 is 0 Å². The molecule has 2 aromatic carbocycles. The number of carbonyl (C=O) groups excluding carboxylic acids is 2. The van der Waals surface area contributed by atoms with Crippen LogP contribution < -0.4 is 9.47 Å². The van der Waals surface area contributed by atoms with Crippen LogP contribution in [0.4, 0.5) is 4.39 Å². The zero-order valence-corrected chi connectivity index (χ0v) is 12.3.